The zero-order valence-corrected chi connectivity index (χ0v) is 11.6. The Morgan fingerprint density at radius 3 is 2.56 bits per heavy atom. The van der Waals surface area contributed by atoms with Gasteiger partial charge in [-0.25, -0.2) is 17.7 Å². The van der Waals surface area contributed by atoms with Crippen LogP contribution in [-0.4, -0.2) is 43.2 Å². The third-order valence-corrected chi connectivity index (χ3v) is 4.38. The van der Waals surface area contributed by atoms with E-state index in [1.54, 1.807) is 12.1 Å². The van der Waals surface area contributed by atoms with Crippen molar-refractivity contribution in [1.29, 1.82) is 0 Å². The van der Waals surface area contributed by atoms with Crippen molar-refractivity contribution < 1.29 is 13.2 Å². The number of piperidine rings is 1. The van der Waals surface area contributed by atoms with Crippen LogP contribution in [0, 0.1) is 0 Å². The lowest BCUT2D eigenvalue weighted by Crippen LogP contribution is -2.41. The minimum absolute atomic E-state index is 0.0108. The molecule has 0 spiro atoms. The highest BCUT2D eigenvalue weighted by Crippen LogP contribution is 2.19. The average molecular weight is 291 g/mol. The van der Waals surface area contributed by atoms with Crippen molar-refractivity contribution in [3.63, 3.8) is 0 Å². The van der Waals surface area contributed by atoms with E-state index in [1.165, 1.54) is 16.8 Å². The van der Waals surface area contributed by atoms with E-state index in [1.807, 2.05) is 0 Å². The molecule has 1 saturated heterocycles. The Kier molecular flexibility index (Phi) is 4.09. The van der Waals surface area contributed by atoms with Crippen molar-refractivity contribution in [2.24, 2.45) is 0 Å². The molecule has 7 heteroatoms. The second-order valence-electron chi connectivity index (χ2n) is 4.29. The fraction of sp³-hybridized carbons (Fsp3) is 0.545. The molecule has 0 amide bonds. The average Bonchev–Trinajstić information content (AvgIpc) is 2.32. The third-order valence-electron chi connectivity index (χ3n) is 2.86. The van der Waals surface area contributed by atoms with Crippen LogP contribution in [0.2, 0.25) is 5.02 Å². The van der Waals surface area contributed by atoms with Crippen LogP contribution in [0.5, 0.6) is 5.88 Å². The number of sulfonamides is 1. The second kappa shape index (κ2) is 5.42. The molecule has 1 aliphatic rings. The Bertz CT molecular complexity index is 496. The second-order valence-corrected chi connectivity index (χ2v) is 6.71. The van der Waals surface area contributed by atoms with Gasteiger partial charge in [-0.1, -0.05) is 11.6 Å². The van der Waals surface area contributed by atoms with Crippen LogP contribution < -0.4 is 4.74 Å². The number of hydrogen-bond donors (Lipinski definition) is 0. The maximum absolute atomic E-state index is 11.3. The predicted octanol–water partition coefficient (Wildman–Crippen LogP) is 1.54. The summed E-state index contributed by atoms with van der Waals surface area (Å²) in [5.41, 5.74) is 0. The summed E-state index contributed by atoms with van der Waals surface area (Å²) in [5, 5.41) is 0.564. The molecule has 1 fully saturated rings. The summed E-state index contributed by atoms with van der Waals surface area (Å²) in [6.07, 6.45) is 4.13. The van der Waals surface area contributed by atoms with E-state index in [2.05, 4.69) is 4.98 Å². The van der Waals surface area contributed by atoms with Gasteiger partial charge < -0.3 is 4.74 Å². The van der Waals surface area contributed by atoms with Crippen LogP contribution in [0.15, 0.2) is 18.3 Å². The molecule has 100 valence electrons. The maximum atomic E-state index is 11.3. The molecule has 0 aromatic carbocycles. The number of halogens is 1. The highest BCUT2D eigenvalue weighted by Gasteiger charge is 2.25. The molecule has 0 atom stereocenters. The predicted molar refractivity (Wildman–Crippen MR) is 69.3 cm³/mol. The smallest absolute Gasteiger partial charge is 0.213 e. The molecule has 0 radical (unpaired) electrons. The van der Waals surface area contributed by atoms with E-state index in [0.29, 0.717) is 36.8 Å². The van der Waals surface area contributed by atoms with E-state index < -0.39 is 10.0 Å². The van der Waals surface area contributed by atoms with Gasteiger partial charge in [0.1, 0.15) is 6.10 Å². The van der Waals surface area contributed by atoms with Gasteiger partial charge in [-0.2, -0.15) is 0 Å². The van der Waals surface area contributed by atoms with E-state index in [-0.39, 0.29) is 6.10 Å². The molecule has 0 aliphatic carbocycles. The molecule has 1 aromatic rings. The van der Waals surface area contributed by atoms with Gasteiger partial charge in [0.25, 0.3) is 0 Å². The maximum Gasteiger partial charge on any atom is 0.213 e. The quantitative estimate of drug-likeness (QED) is 0.847. The summed E-state index contributed by atoms with van der Waals surface area (Å²) in [7, 11) is -3.08. The van der Waals surface area contributed by atoms with Crippen LogP contribution in [-0.2, 0) is 10.0 Å². The summed E-state index contributed by atoms with van der Waals surface area (Å²) in [4.78, 5) is 4.05. The molecular weight excluding hydrogens is 276 g/mol. The Hall–Kier alpha value is -0.850. The lowest BCUT2D eigenvalue weighted by Gasteiger charge is -2.30. The molecule has 1 aliphatic heterocycles. The zero-order valence-electron chi connectivity index (χ0n) is 10.0. The Morgan fingerprint density at radius 2 is 2.06 bits per heavy atom. The number of rotatable bonds is 3. The van der Waals surface area contributed by atoms with Crippen molar-refractivity contribution >= 4 is 21.6 Å². The molecule has 5 nitrogen and oxygen atoms in total. The minimum atomic E-state index is -3.08. The summed E-state index contributed by atoms with van der Waals surface area (Å²) in [6.45, 7) is 0.994. The minimum Gasteiger partial charge on any atom is -0.474 e. The largest absolute Gasteiger partial charge is 0.474 e. The van der Waals surface area contributed by atoms with E-state index >= 15 is 0 Å². The van der Waals surface area contributed by atoms with Gasteiger partial charge in [-0.15, -0.1) is 0 Å². The van der Waals surface area contributed by atoms with Gasteiger partial charge >= 0.3 is 0 Å². The first kappa shape index (κ1) is 13.6. The molecule has 0 unspecified atom stereocenters. The van der Waals surface area contributed by atoms with Crippen molar-refractivity contribution in [1.82, 2.24) is 9.29 Å². The monoisotopic (exact) mass is 290 g/mol. The van der Waals surface area contributed by atoms with Gasteiger partial charge in [-0.3, -0.25) is 0 Å². The summed E-state index contributed by atoms with van der Waals surface area (Å²) >= 11 is 5.73. The summed E-state index contributed by atoms with van der Waals surface area (Å²) in [6, 6.07) is 3.43. The highest BCUT2D eigenvalue weighted by atomic mass is 35.5. The lowest BCUT2D eigenvalue weighted by atomic mass is 10.1. The fourth-order valence-corrected chi connectivity index (χ4v) is 2.87. The molecule has 18 heavy (non-hydrogen) atoms. The first-order chi connectivity index (χ1) is 8.45. The van der Waals surface area contributed by atoms with Crippen molar-refractivity contribution in [3.8, 4) is 5.88 Å². The van der Waals surface area contributed by atoms with Crippen LogP contribution in [0.4, 0.5) is 0 Å². The van der Waals surface area contributed by atoms with Crippen molar-refractivity contribution in [3.05, 3.63) is 23.4 Å². The van der Waals surface area contributed by atoms with Gasteiger partial charge in [0.15, 0.2) is 0 Å². The normalized spacial score (nSPS) is 18.8. The molecule has 0 N–H and O–H groups in total. The third kappa shape index (κ3) is 3.57. The van der Waals surface area contributed by atoms with Gasteiger partial charge in [0.05, 0.1) is 11.3 Å². The van der Waals surface area contributed by atoms with Gasteiger partial charge in [0.2, 0.25) is 15.9 Å². The Balaban J connectivity index is 1.89. The van der Waals surface area contributed by atoms with Gasteiger partial charge in [0, 0.05) is 25.4 Å². The molecular formula is C11H15ClN2O3S. The van der Waals surface area contributed by atoms with E-state index in [0.717, 1.165) is 0 Å². The van der Waals surface area contributed by atoms with Crippen molar-refractivity contribution in [2.75, 3.05) is 19.3 Å². The van der Waals surface area contributed by atoms with E-state index in [4.69, 9.17) is 16.3 Å². The molecule has 2 heterocycles. The van der Waals surface area contributed by atoms with Crippen LogP contribution in [0.1, 0.15) is 12.8 Å². The summed E-state index contributed by atoms with van der Waals surface area (Å²) in [5.74, 6) is 0.525. The number of hydrogen-bond acceptors (Lipinski definition) is 4. The molecule has 2 rings (SSSR count). The summed E-state index contributed by atoms with van der Waals surface area (Å²) < 4.78 is 29.8. The first-order valence-corrected chi connectivity index (χ1v) is 7.91. The number of nitrogens with zero attached hydrogens (tertiary/aromatic N) is 2. The van der Waals surface area contributed by atoms with Crippen LogP contribution >= 0.6 is 11.6 Å². The number of ether oxygens (including phenoxy) is 1. The molecule has 1 aromatic heterocycles. The van der Waals surface area contributed by atoms with E-state index in [9.17, 15) is 8.42 Å². The van der Waals surface area contributed by atoms with Crippen molar-refractivity contribution in [2.45, 2.75) is 18.9 Å². The number of aromatic nitrogens is 1. The number of pyridine rings is 1. The zero-order chi connectivity index (χ0) is 13.2. The Morgan fingerprint density at radius 1 is 1.39 bits per heavy atom. The molecule has 0 bridgehead atoms. The fourth-order valence-electron chi connectivity index (χ4n) is 1.88. The first-order valence-electron chi connectivity index (χ1n) is 5.68. The standard InChI is InChI=1S/C11H15ClN2O3S/c1-18(15,16)14-6-4-10(5-7-14)17-11-3-2-9(12)8-13-11/h2-3,8,10H,4-7H2,1H3. The SMILES string of the molecule is CS(=O)(=O)N1CCC(Oc2ccc(Cl)cn2)CC1. The van der Waals surface area contributed by atoms with Crippen LogP contribution in [0.25, 0.3) is 0 Å². The lowest BCUT2D eigenvalue weighted by molar-refractivity contribution is 0.130. The van der Waals surface area contributed by atoms with Gasteiger partial charge in [-0.05, 0) is 18.9 Å². The van der Waals surface area contributed by atoms with Crippen LogP contribution in [0.3, 0.4) is 0 Å². The highest BCUT2D eigenvalue weighted by molar-refractivity contribution is 7.88. The topological polar surface area (TPSA) is 59.5 Å². The molecule has 0 saturated carbocycles. The Labute approximate surface area is 112 Å².